The highest BCUT2D eigenvalue weighted by Gasteiger charge is 2.14. The number of H-pyrrole nitrogens is 1. The third kappa shape index (κ3) is 2.43. The van der Waals surface area contributed by atoms with Crippen LogP contribution in [0.5, 0.6) is 0 Å². The molecule has 0 radical (unpaired) electrons. The fourth-order valence-corrected chi connectivity index (χ4v) is 1.93. The second kappa shape index (κ2) is 5.51. The van der Waals surface area contributed by atoms with Gasteiger partial charge in [-0.1, -0.05) is 30.4 Å². The van der Waals surface area contributed by atoms with Crippen molar-refractivity contribution in [2.24, 2.45) is 0 Å². The maximum atomic E-state index is 11.2. The average Bonchev–Trinajstić information content (AvgIpc) is 2.74. The zero-order valence-electron chi connectivity index (χ0n) is 10.2. The van der Waals surface area contributed by atoms with Gasteiger partial charge in [-0.25, -0.2) is 4.79 Å². The zero-order valence-corrected chi connectivity index (χ0v) is 10.2. The van der Waals surface area contributed by atoms with Gasteiger partial charge in [0.15, 0.2) is 0 Å². The van der Waals surface area contributed by atoms with Crippen LogP contribution in [0, 0.1) is 0 Å². The molecular weight excluding hydrogens is 228 g/mol. The summed E-state index contributed by atoms with van der Waals surface area (Å²) in [5, 5.41) is 13.2. The topological polar surface area (TPSA) is 65.1 Å². The highest BCUT2D eigenvalue weighted by atomic mass is 16.4. The Morgan fingerprint density at radius 1 is 1.44 bits per heavy atom. The Kier molecular flexibility index (Phi) is 3.79. The molecule has 2 aromatic rings. The number of hydrogen-bond acceptors (Lipinski definition) is 2. The van der Waals surface area contributed by atoms with Gasteiger partial charge in [0.05, 0.1) is 0 Å². The van der Waals surface area contributed by atoms with E-state index in [2.05, 4.69) is 10.3 Å². The Labute approximate surface area is 105 Å². The highest BCUT2D eigenvalue weighted by molar-refractivity contribution is 6.01. The lowest BCUT2D eigenvalue weighted by Crippen LogP contribution is -2.05. The van der Waals surface area contributed by atoms with Crippen molar-refractivity contribution in [3.8, 4) is 0 Å². The fraction of sp³-hybridized carbons (Fsp3) is 0.214. The van der Waals surface area contributed by atoms with E-state index in [0.29, 0.717) is 0 Å². The molecule has 4 nitrogen and oxygen atoms in total. The van der Waals surface area contributed by atoms with E-state index in [1.807, 2.05) is 43.5 Å². The minimum absolute atomic E-state index is 0.247. The molecule has 0 aliphatic heterocycles. The predicted octanol–water partition coefficient (Wildman–Crippen LogP) is 2.49. The molecule has 1 aromatic heterocycles. The molecule has 3 N–H and O–H groups in total. The minimum atomic E-state index is -0.931. The Morgan fingerprint density at radius 2 is 2.22 bits per heavy atom. The normalized spacial score (nSPS) is 11.4. The molecule has 0 atom stereocenters. The molecule has 0 saturated carbocycles. The van der Waals surface area contributed by atoms with Crippen molar-refractivity contribution in [1.29, 1.82) is 0 Å². The van der Waals surface area contributed by atoms with E-state index in [1.54, 1.807) is 0 Å². The first-order chi connectivity index (χ1) is 8.74. The quantitative estimate of drug-likeness (QED) is 0.708. The number of rotatable bonds is 5. The van der Waals surface area contributed by atoms with Crippen molar-refractivity contribution in [1.82, 2.24) is 10.3 Å². The van der Waals surface area contributed by atoms with E-state index < -0.39 is 5.97 Å². The van der Waals surface area contributed by atoms with E-state index in [4.69, 9.17) is 0 Å². The van der Waals surface area contributed by atoms with Gasteiger partial charge >= 0.3 is 5.97 Å². The number of benzene rings is 1. The van der Waals surface area contributed by atoms with Crippen LogP contribution in [0.15, 0.2) is 30.3 Å². The molecular formula is C14H16N2O2. The third-order valence-corrected chi connectivity index (χ3v) is 2.81. The molecule has 0 aliphatic rings. The largest absolute Gasteiger partial charge is 0.477 e. The maximum absolute atomic E-state index is 11.2. The SMILES string of the molecule is CNCCC=Cc1c(C(=O)O)[nH]c2ccccc12. The van der Waals surface area contributed by atoms with Crippen LogP contribution in [0.1, 0.15) is 22.5 Å². The number of nitrogens with one attached hydrogen (secondary N) is 2. The van der Waals surface area contributed by atoms with Crippen LogP contribution in [0.3, 0.4) is 0 Å². The van der Waals surface area contributed by atoms with E-state index in [1.165, 1.54) is 0 Å². The van der Waals surface area contributed by atoms with E-state index in [9.17, 15) is 9.90 Å². The van der Waals surface area contributed by atoms with Gasteiger partial charge < -0.3 is 15.4 Å². The Bertz CT molecular complexity index is 584. The summed E-state index contributed by atoms with van der Waals surface area (Å²) in [5.41, 5.74) is 1.84. The highest BCUT2D eigenvalue weighted by Crippen LogP contribution is 2.23. The Balaban J connectivity index is 2.42. The van der Waals surface area contributed by atoms with Crippen molar-refractivity contribution < 1.29 is 9.90 Å². The second-order valence-electron chi connectivity index (χ2n) is 4.06. The Hall–Kier alpha value is -2.07. The van der Waals surface area contributed by atoms with E-state index in [-0.39, 0.29) is 5.69 Å². The molecule has 1 heterocycles. The summed E-state index contributed by atoms with van der Waals surface area (Å²) in [7, 11) is 1.89. The van der Waals surface area contributed by atoms with Crippen molar-refractivity contribution in [3.05, 3.63) is 41.6 Å². The maximum Gasteiger partial charge on any atom is 0.352 e. The summed E-state index contributed by atoms with van der Waals surface area (Å²) in [6.07, 6.45) is 4.73. The molecule has 94 valence electrons. The van der Waals surface area contributed by atoms with Gasteiger partial charge in [-0.2, -0.15) is 0 Å². The number of hydrogen-bond donors (Lipinski definition) is 3. The molecule has 0 aliphatic carbocycles. The molecule has 0 fully saturated rings. The van der Waals surface area contributed by atoms with Gasteiger partial charge in [0.1, 0.15) is 5.69 Å². The number of aromatic amines is 1. The van der Waals surface area contributed by atoms with Gasteiger partial charge in [-0.05, 0) is 26.1 Å². The van der Waals surface area contributed by atoms with Gasteiger partial charge in [-0.15, -0.1) is 0 Å². The first kappa shape index (κ1) is 12.4. The average molecular weight is 244 g/mol. The van der Waals surface area contributed by atoms with Crippen LogP contribution in [0.25, 0.3) is 17.0 Å². The monoisotopic (exact) mass is 244 g/mol. The van der Waals surface area contributed by atoms with Crippen LogP contribution in [0.4, 0.5) is 0 Å². The lowest BCUT2D eigenvalue weighted by atomic mass is 10.1. The van der Waals surface area contributed by atoms with Crippen molar-refractivity contribution in [3.63, 3.8) is 0 Å². The molecule has 4 heteroatoms. The van der Waals surface area contributed by atoms with Crippen LogP contribution in [-0.2, 0) is 0 Å². The standard InChI is InChI=1S/C14H16N2O2/c1-15-9-5-4-7-11-10-6-2-3-8-12(10)16-13(11)14(17)18/h2-4,6-8,15-16H,5,9H2,1H3,(H,17,18). The summed E-state index contributed by atoms with van der Waals surface area (Å²) in [6.45, 7) is 0.876. The number of fused-ring (bicyclic) bond motifs is 1. The molecule has 0 saturated heterocycles. The summed E-state index contributed by atoms with van der Waals surface area (Å²) >= 11 is 0. The molecule has 18 heavy (non-hydrogen) atoms. The summed E-state index contributed by atoms with van der Waals surface area (Å²) < 4.78 is 0. The first-order valence-electron chi connectivity index (χ1n) is 5.89. The molecule has 0 unspecified atom stereocenters. The number of carbonyl (C=O) groups is 1. The number of carboxylic acid groups (broad SMARTS) is 1. The van der Waals surface area contributed by atoms with Crippen molar-refractivity contribution in [2.45, 2.75) is 6.42 Å². The van der Waals surface area contributed by atoms with E-state index >= 15 is 0 Å². The van der Waals surface area contributed by atoms with Crippen LogP contribution < -0.4 is 5.32 Å². The molecule has 0 spiro atoms. The Morgan fingerprint density at radius 3 is 2.94 bits per heavy atom. The van der Waals surface area contributed by atoms with Gasteiger partial charge in [-0.3, -0.25) is 0 Å². The zero-order chi connectivity index (χ0) is 13.0. The molecule has 2 rings (SSSR count). The van der Waals surface area contributed by atoms with Crippen molar-refractivity contribution in [2.75, 3.05) is 13.6 Å². The van der Waals surface area contributed by atoms with Gasteiger partial charge in [0.2, 0.25) is 0 Å². The smallest absolute Gasteiger partial charge is 0.352 e. The number of aromatic nitrogens is 1. The molecule has 0 amide bonds. The van der Waals surface area contributed by atoms with Gasteiger partial charge in [0, 0.05) is 16.5 Å². The van der Waals surface area contributed by atoms with Crippen LogP contribution in [-0.4, -0.2) is 29.7 Å². The lowest BCUT2D eigenvalue weighted by Gasteiger charge is -1.95. The summed E-state index contributed by atoms with van der Waals surface area (Å²) in [6, 6.07) is 7.61. The van der Waals surface area contributed by atoms with Crippen molar-refractivity contribution >= 4 is 22.9 Å². The third-order valence-electron chi connectivity index (χ3n) is 2.81. The van der Waals surface area contributed by atoms with Crippen LogP contribution in [0.2, 0.25) is 0 Å². The second-order valence-corrected chi connectivity index (χ2v) is 4.06. The first-order valence-corrected chi connectivity index (χ1v) is 5.89. The van der Waals surface area contributed by atoms with E-state index in [0.717, 1.165) is 29.4 Å². The predicted molar refractivity (Wildman–Crippen MR) is 72.8 cm³/mol. The molecule has 0 bridgehead atoms. The number of para-hydroxylation sites is 1. The summed E-state index contributed by atoms with van der Waals surface area (Å²) in [4.78, 5) is 14.1. The lowest BCUT2D eigenvalue weighted by molar-refractivity contribution is 0.0691. The van der Waals surface area contributed by atoms with Crippen LogP contribution >= 0.6 is 0 Å². The molecule has 1 aromatic carbocycles. The minimum Gasteiger partial charge on any atom is -0.477 e. The fourth-order valence-electron chi connectivity index (χ4n) is 1.93. The number of aromatic carboxylic acids is 1. The number of carboxylic acids is 1. The summed E-state index contributed by atoms with van der Waals surface area (Å²) in [5.74, 6) is -0.931. The van der Waals surface area contributed by atoms with Gasteiger partial charge in [0.25, 0.3) is 0 Å².